The Kier molecular flexibility index (Phi) is 4.33. The van der Waals surface area contributed by atoms with Crippen molar-refractivity contribution in [3.8, 4) is 5.75 Å². The Morgan fingerprint density at radius 3 is 2.50 bits per heavy atom. The highest BCUT2D eigenvalue weighted by molar-refractivity contribution is 6.49. The molecule has 0 radical (unpaired) electrons. The van der Waals surface area contributed by atoms with Crippen LogP contribution in [0.25, 0.3) is 0 Å². The average molecular weight is 261 g/mol. The van der Waals surface area contributed by atoms with Crippen LogP contribution < -0.4 is 4.74 Å². The smallest absolute Gasteiger partial charge is 0.220 e. The molecule has 1 aromatic rings. The lowest BCUT2D eigenvalue weighted by molar-refractivity contribution is -0.135. The molecule has 0 saturated heterocycles. The number of benzene rings is 1. The second kappa shape index (κ2) is 5.32. The van der Waals surface area contributed by atoms with Gasteiger partial charge in [0.2, 0.25) is 5.78 Å². The molecule has 1 aromatic carbocycles. The number of halogens is 2. The Morgan fingerprint density at radius 2 is 2.00 bits per heavy atom. The number of methoxy groups -OCH3 is 1. The molecule has 0 saturated carbocycles. The standard InChI is InChI=1S/C11H10Cl2O3/c1-6(14)11(15)10(13)8-5-7(12)3-4-9(8)16-2/h3-5,10H,1-2H3. The summed E-state index contributed by atoms with van der Waals surface area (Å²) < 4.78 is 5.04. The SMILES string of the molecule is COc1ccc(Cl)cc1C(Cl)C(=O)C(C)=O. The molecule has 0 spiro atoms. The quantitative estimate of drug-likeness (QED) is 0.618. The van der Waals surface area contributed by atoms with Crippen molar-refractivity contribution < 1.29 is 14.3 Å². The first-order chi connectivity index (χ1) is 7.47. The zero-order valence-corrected chi connectivity index (χ0v) is 10.3. The van der Waals surface area contributed by atoms with Crippen LogP contribution in [0.3, 0.4) is 0 Å². The summed E-state index contributed by atoms with van der Waals surface area (Å²) >= 11 is 11.7. The topological polar surface area (TPSA) is 43.4 Å². The summed E-state index contributed by atoms with van der Waals surface area (Å²) in [6.07, 6.45) is 0. The Hall–Kier alpha value is -1.06. The van der Waals surface area contributed by atoms with Gasteiger partial charge in [-0.05, 0) is 18.2 Å². The highest BCUT2D eigenvalue weighted by Gasteiger charge is 2.24. The van der Waals surface area contributed by atoms with Gasteiger partial charge in [-0.2, -0.15) is 0 Å². The minimum Gasteiger partial charge on any atom is -0.496 e. The van der Waals surface area contributed by atoms with Crippen molar-refractivity contribution in [1.29, 1.82) is 0 Å². The van der Waals surface area contributed by atoms with Crippen molar-refractivity contribution in [1.82, 2.24) is 0 Å². The Labute approximate surface area is 103 Å². The van der Waals surface area contributed by atoms with Gasteiger partial charge in [0.25, 0.3) is 0 Å². The zero-order valence-electron chi connectivity index (χ0n) is 8.79. The van der Waals surface area contributed by atoms with E-state index in [-0.39, 0.29) is 0 Å². The van der Waals surface area contributed by atoms with Crippen LogP contribution >= 0.6 is 23.2 Å². The third kappa shape index (κ3) is 2.74. The highest BCUT2D eigenvalue weighted by Crippen LogP contribution is 2.32. The first kappa shape index (κ1) is 13.0. The third-order valence-electron chi connectivity index (χ3n) is 2.04. The van der Waals surface area contributed by atoms with Crippen LogP contribution in [-0.2, 0) is 9.59 Å². The first-order valence-corrected chi connectivity index (χ1v) is 5.31. The fourth-order valence-corrected chi connectivity index (χ4v) is 1.73. The van der Waals surface area contributed by atoms with Crippen molar-refractivity contribution in [2.24, 2.45) is 0 Å². The lowest BCUT2D eigenvalue weighted by atomic mass is 10.1. The van der Waals surface area contributed by atoms with Crippen LogP contribution in [0.4, 0.5) is 0 Å². The molecule has 5 heteroatoms. The number of hydrogen-bond acceptors (Lipinski definition) is 3. The van der Waals surface area contributed by atoms with Gasteiger partial charge in [-0.25, -0.2) is 0 Å². The normalized spacial score (nSPS) is 12.0. The lowest BCUT2D eigenvalue weighted by Gasteiger charge is -2.12. The van der Waals surface area contributed by atoms with Gasteiger partial charge in [0.15, 0.2) is 5.78 Å². The van der Waals surface area contributed by atoms with Crippen LogP contribution in [-0.4, -0.2) is 18.7 Å². The number of rotatable bonds is 4. The number of Topliss-reactive ketones (excluding diaryl/α,β-unsaturated/α-hetero) is 2. The summed E-state index contributed by atoms with van der Waals surface area (Å²) in [6, 6.07) is 4.73. The minimum absolute atomic E-state index is 0.400. The molecule has 0 amide bonds. The van der Waals surface area contributed by atoms with Gasteiger partial charge in [0.1, 0.15) is 11.1 Å². The molecule has 16 heavy (non-hydrogen) atoms. The maximum atomic E-state index is 11.4. The Bertz CT molecular complexity index is 429. The molecule has 0 N–H and O–H groups in total. The molecular formula is C11H10Cl2O3. The molecular weight excluding hydrogens is 251 g/mol. The van der Waals surface area contributed by atoms with Crippen LogP contribution in [0.2, 0.25) is 5.02 Å². The van der Waals surface area contributed by atoms with E-state index in [4.69, 9.17) is 27.9 Å². The second-order valence-electron chi connectivity index (χ2n) is 3.17. The zero-order chi connectivity index (χ0) is 12.3. The van der Waals surface area contributed by atoms with Crippen molar-refractivity contribution in [2.45, 2.75) is 12.3 Å². The number of carbonyl (C=O) groups is 2. The summed E-state index contributed by atoms with van der Waals surface area (Å²) in [6.45, 7) is 1.18. The van der Waals surface area contributed by atoms with Crippen LogP contribution in [0.15, 0.2) is 18.2 Å². The van der Waals surface area contributed by atoms with Gasteiger partial charge < -0.3 is 4.74 Å². The molecule has 0 heterocycles. The van der Waals surface area contributed by atoms with Crippen molar-refractivity contribution in [3.05, 3.63) is 28.8 Å². The molecule has 0 aromatic heterocycles. The number of alkyl halides is 1. The number of carbonyl (C=O) groups excluding carboxylic acids is 2. The molecule has 3 nitrogen and oxygen atoms in total. The third-order valence-corrected chi connectivity index (χ3v) is 2.71. The van der Waals surface area contributed by atoms with Crippen LogP contribution in [0, 0.1) is 0 Å². The fraction of sp³-hybridized carbons (Fsp3) is 0.273. The molecule has 0 aliphatic heterocycles. The molecule has 1 rings (SSSR count). The van der Waals surface area contributed by atoms with Gasteiger partial charge in [0.05, 0.1) is 7.11 Å². The summed E-state index contributed by atoms with van der Waals surface area (Å²) in [5.74, 6) is -0.844. The van der Waals surface area contributed by atoms with Crippen LogP contribution in [0.5, 0.6) is 5.75 Å². The van der Waals surface area contributed by atoms with E-state index in [9.17, 15) is 9.59 Å². The molecule has 86 valence electrons. The number of ether oxygens (including phenoxy) is 1. The van der Waals surface area contributed by atoms with Gasteiger partial charge in [-0.1, -0.05) is 11.6 Å². The molecule has 0 aliphatic rings. The largest absolute Gasteiger partial charge is 0.496 e. The van der Waals surface area contributed by atoms with E-state index >= 15 is 0 Å². The van der Waals surface area contributed by atoms with Gasteiger partial charge >= 0.3 is 0 Å². The van der Waals surface area contributed by atoms with E-state index in [0.29, 0.717) is 16.3 Å². The number of hydrogen-bond donors (Lipinski definition) is 0. The van der Waals surface area contributed by atoms with E-state index in [1.165, 1.54) is 20.1 Å². The van der Waals surface area contributed by atoms with E-state index in [1.54, 1.807) is 12.1 Å². The van der Waals surface area contributed by atoms with E-state index in [2.05, 4.69) is 0 Å². The Balaban J connectivity index is 3.15. The molecule has 1 unspecified atom stereocenters. The van der Waals surface area contributed by atoms with E-state index in [1.807, 2.05) is 0 Å². The van der Waals surface area contributed by atoms with Crippen molar-refractivity contribution >= 4 is 34.8 Å². The molecule has 0 aliphatic carbocycles. The average Bonchev–Trinajstić information content (AvgIpc) is 2.26. The van der Waals surface area contributed by atoms with Gasteiger partial charge in [-0.3, -0.25) is 9.59 Å². The summed E-state index contributed by atoms with van der Waals surface area (Å²) in [7, 11) is 1.45. The van der Waals surface area contributed by atoms with Gasteiger partial charge in [0, 0.05) is 17.5 Å². The maximum absolute atomic E-state index is 11.4. The van der Waals surface area contributed by atoms with E-state index < -0.39 is 16.9 Å². The second-order valence-corrected chi connectivity index (χ2v) is 4.04. The van der Waals surface area contributed by atoms with Crippen molar-refractivity contribution in [2.75, 3.05) is 7.11 Å². The predicted molar refractivity (Wildman–Crippen MR) is 62.3 cm³/mol. The fourth-order valence-electron chi connectivity index (χ4n) is 1.22. The van der Waals surface area contributed by atoms with Crippen molar-refractivity contribution in [3.63, 3.8) is 0 Å². The van der Waals surface area contributed by atoms with E-state index in [0.717, 1.165) is 0 Å². The Morgan fingerprint density at radius 1 is 1.38 bits per heavy atom. The maximum Gasteiger partial charge on any atom is 0.220 e. The summed E-state index contributed by atoms with van der Waals surface area (Å²) in [5.41, 5.74) is 0.400. The highest BCUT2D eigenvalue weighted by atomic mass is 35.5. The molecule has 1 atom stereocenters. The molecule has 0 bridgehead atoms. The summed E-state index contributed by atoms with van der Waals surface area (Å²) in [5, 5.41) is -0.635. The lowest BCUT2D eigenvalue weighted by Crippen LogP contribution is -2.16. The predicted octanol–water partition coefficient (Wildman–Crippen LogP) is 2.79. The number of ketones is 2. The minimum atomic E-state index is -1.06. The molecule has 0 fully saturated rings. The van der Waals surface area contributed by atoms with Crippen LogP contribution in [0.1, 0.15) is 17.9 Å². The van der Waals surface area contributed by atoms with Gasteiger partial charge in [-0.15, -0.1) is 11.6 Å². The summed E-state index contributed by atoms with van der Waals surface area (Å²) in [4.78, 5) is 22.4. The first-order valence-electron chi connectivity index (χ1n) is 4.49. The monoisotopic (exact) mass is 260 g/mol.